The molecule has 1 heterocycles. The molecule has 1 fully saturated rings. The van der Waals surface area contributed by atoms with Crippen LogP contribution in [0.15, 0.2) is 23.1 Å². The standard InChI is InChI=1S/C12H15ClN2O4S/c1-12(2)7-19-15(11(12)16)6-8-3-4-9(5-10(8)13)20(14,17)18/h3-5H,6-7H2,1-2H3,(H2,14,17,18). The molecule has 0 atom stereocenters. The summed E-state index contributed by atoms with van der Waals surface area (Å²) in [6.45, 7) is 4.05. The lowest BCUT2D eigenvalue weighted by Gasteiger charge is -2.17. The largest absolute Gasteiger partial charge is 0.272 e. The molecule has 0 aliphatic carbocycles. The molecule has 1 aromatic rings. The van der Waals surface area contributed by atoms with Crippen LogP contribution in [-0.4, -0.2) is 26.0 Å². The Labute approximate surface area is 122 Å². The average Bonchev–Trinajstić information content (AvgIpc) is 2.57. The predicted octanol–water partition coefficient (Wildman–Crippen LogP) is 1.29. The van der Waals surface area contributed by atoms with Crippen LogP contribution in [0.4, 0.5) is 0 Å². The monoisotopic (exact) mass is 318 g/mol. The fourth-order valence-corrected chi connectivity index (χ4v) is 2.65. The average molecular weight is 319 g/mol. The molecule has 1 aliphatic heterocycles. The molecule has 20 heavy (non-hydrogen) atoms. The van der Waals surface area contributed by atoms with Gasteiger partial charge < -0.3 is 0 Å². The van der Waals surface area contributed by atoms with Gasteiger partial charge in [-0.1, -0.05) is 17.7 Å². The van der Waals surface area contributed by atoms with Gasteiger partial charge in [0.1, 0.15) is 0 Å². The van der Waals surface area contributed by atoms with Gasteiger partial charge in [0, 0.05) is 5.02 Å². The number of primary sulfonamides is 1. The summed E-state index contributed by atoms with van der Waals surface area (Å²) in [5, 5.41) is 6.48. The van der Waals surface area contributed by atoms with Crippen LogP contribution >= 0.6 is 11.6 Å². The van der Waals surface area contributed by atoms with E-state index in [1.807, 2.05) is 0 Å². The van der Waals surface area contributed by atoms with E-state index in [1.165, 1.54) is 23.3 Å². The Morgan fingerprint density at radius 2 is 2.10 bits per heavy atom. The highest BCUT2D eigenvalue weighted by atomic mass is 35.5. The Bertz CT molecular complexity index is 657. The number of carbonyl (C=O) groups is 1. The number of hydroxylamine groups is 2. The summed E-state index contributed by atoms with van der Waals surface area (Å²) >= 11 is 6.02. The molecule has 0 bridgehead atoms. The van der Waals surface area contributed by atoms with Crippen molar-refractivity contribution in [2.45, 2.75) is 25.3 Å². The Kier molecular flexibility index (Phi) is 3.81. The SMILES string of the molecule is CC1(C)CON(Cc2ccc(S(N)(=O)=O)cc2Cl)C1=O. The fourth-order valence-electron chi connectivity index (χ4n) is 1.80. The van der Waals surface area contributed by atoms with Gasteiger partial charge in [0.15, 0.2) is 0 Å². The maximum absolute atomic E-state index is 12.0. The van der Waals surface area contributed by atoms with Gasteiger partial charge >= 0.3 is 0 Å². The highest BCUT2D eigenvalue weighted by Crippen LogP contribution is 2.30. The van der Waals surface area contributed by atoms with E-state index in [4.69, 9.17) is 21.6 Å². The second-order valence-electron chi connectivity index (χ2n) is 5.30. The first-order chi connectivity index (χ1) is 9.11. The molecular formula is C12H15ClN2O4S. The molecule has 1 aliphatic rings. The van der Waals surface area contributed by atoms with Crippen LogP contribution in [-0.2, 0) is 26.2 Å². The maximum Gasteiger partial charge on any atom is 0.254 e. The minimum Gasteiger partial charge on any atom is -0.272 e. The third-order valence-corrected chi connectivity index (χ3v) is 4.32. The Morgan fingerprint density at radius 3 is 2.55 bits per heavy atom. The molecule has 0 saturated carbocycles. The fraction of sp³-hybridized carbons (Fsp3) is 0.417. The van der Waals surface area contributed by atoms with Crippen molar-refractivity contribution in [2.24, 2.45) is 10.6 Å². The summed E-state index contributed by atoms with van der Waals surface area (Å²) in [6, 6.07) is 4.13. The quantitative estimate of drug-likeness (QED) is 0.909. The van der Waals surface area contributed by atoms with E-state index in [0.717, 1.165) is 0 Å². The number of nitrogens with zero attached hydrogens (tertiary/aromatic N) is 1. The molecule has 0 unspecified atom stereocenters. The van der Waals surface area contributed by atoms with Crippen LogP contribution in [0.1, 0.15) is 19.4 Å². The topological polar surface area (TPSA) is 89.7 Å². The van der Waals surface area contributed by atoms with Crippen LogP contribution in [0.5, 0.6) is 0 Å². The summed E-state index contributed by atoms with van der Waals surface area (Å²) < 4.78 is 22.4. The Balaban J connectivity index is 2.22. The molecule has 1 aromatic carbocycles. The van der Waals surface area contributed by atoms with Crippen molar-refractivity contribution in [3.63, 3.8) is 0 Å². The molecule has 2 N–H and O–H groups in total. The lowest BCUT2D eigenvalue weighted by Crippen LogP contribution is -2.30. The van der Waals surface area contributed by atoms with E-state index in [2.05, 4.69) is 0 Å². The third kappa shape index (κ3) is 2.95. The lowest BCUT2D eigenvalue weighted by atomic mass is 9.95. The zero-order valence-corrected chi connectivity index (χ0v) is 12.7. The van der Waals surface area contributed by atoms with Crippen molar-refractivity contribution in [1.29, 1.82) is 0 Å². The van der Waals surface area contributed by atoms with Crippen molar-refractivity contribution in [2.75, 3.05) is 6.61 Å². The van der Waals surface area contributed by atoms with E-state index >= 15 is 0 Å². The van der Waals surface area contributed by atoms with E-state index in [0.29, 0.717) is 12.2 Å². The number of benzene rings is 1. The normalized spacial score (nSPS) is 18.6. The summed E-state index contributed by atoms with van der Waals surface area (Å²) in [5.74, 6) is -0.135. The molecule has 1 amide bonds. The van der Waals surface area contributed by atoms with Crippen LogP contribution < -0.4 is 5.14 Å². The van der Waals surface area contributed by atoms with Gasteiger partial charge in [-0.15, -0.1) is 0 Å². The number of halogens is 1. The van der Waals surface area contributed by atoms with Crippen LogP contribution in [0.3, 0.4) is 0 Å². The van der Waals surface area contributed by atoms with Crippen molar-refractivity contribution in [1.82, 2.24) is 5.06 Å². The zero-order chi connectivity index (χ0) is 15.1. The van der Waals surface area contributed by atoms with Gasteiger partial charge in [0.2, 0.25) is 10.0 Å². The van der Waals surface area contributed by atoms with Gasteiger partial charge in [-0.3, -0.25) is 9.63 Å². The number of amides is 1. The first kappa shape index (κ1) is 15.2. The molecule has 2 rings (SSSR count). The molecule has 110 valence electrons. The van der Waals surface area contributed by atoms with Gasteiger partial charge in [0.25, 0.3) is 5.91 Å². The molecule has 8 heteroatoms. The second kappa shape index (κ2) is 5.00. The summed E-state index contributed by atoms with van der Waals surface area (Å²) in [7, 11) is -3.79. The minimum absolute atomic E-state index is 0.0692. The van der Waals surface area contributed by atoms with Crippen LogP contribution in [0.2, 0.25) is 5.02 Å². The minimum atomic E-state index is -3.79. The number of sulfonamides is 1. The lowest BCUT2D eigenvalue weighted by molar-refractivity contribution is -0.165. The van der Waals surface area contributed by atoms with Crippen LogP contribution in [0.25, 0.3) is 0 Å². The number of carbonyl (C=O) groups excluding carboxylic acids is 1. The highest BCUT2D eigenvalue weighted by Gasteiger charge is 2.40. The van der Waals surface area contributed by atoms with E-state index in [1.54, 1.807) is 13.8 Å². The molecule has 6 nitrogen and oxygen atoms in total. The highest BCUT2D eigenvalue weighted by molar-refractivity contribution is 7.89. The number of hydrogen-bond acceptors (Lipinski definition) is 4. The Hall–Kier alpha value is -1.15. The maximum atomic E-state index is 12.0. The van der Waals surface area contributed by atoms with E-state index < -0.39 is 15.4 Å². The van der Waals surface area contributed by atoms with Gasteiger partial charge in [-0.05, 0) is 31.5 Å². The van der Waals surface area contributed by atoms with Crippen molar-refractivity contribution in [3.05, 3.63) is 28.8 Å². The van der Waals surface area contributed by atoms with Gasteiger partial charge in [0.05, 0.1) is 23.5 Å². The molecule has 0 spiro atoms. The first-order valence-electron chi connectivity index (χ1n) is 5.87. The molecule has 0 radical (unpaired) electrons. The molecule has 0 aromatic heterocycles. The van der Waals surface area contributed by atoms with Crippen molar-refractivity contribution >= 4 is 27.5 Å². The second-order valence-corrected chi connectivity index (χ2v) is 7.27. The van der Waals surface area contributed by atoms with Gasteiger partial charge in [-0.25, -0.2) is 18.6 Å². The zero-order valence-electron chi connectivity index (χ0n) is 11.1. The third-order valence-electron chi connectivity index (χ3n) is 3.05. The van der Waals surface area contributed by atoms with Gasteiger partial charge in [-0.2, -0.15) is 0 Å². The van der Waals surface area contributed by atoms with E-state index in [-0.39, 0.29) is 22.4 Å². The summed E-state index contributed by atoms with van der Waals surface area (Å²) in [5.41, 5.74) is 0.0256. The van der Waals surface area contributed by atoms with Crippen molar-refractivity contribution < 1.29 is 18.0 Å². The number of rotatable bonds is 3. The Morgan fingerprint density at radius 1 is 1.45 bits per heavy atom. The van der Waals surface area contributed by atoms with E-state index in [9.17, 15) is 13.2 Å². The van der Waals surface area contributed by atoms with Crippen LogP contribution in [0, 0.1) is 5.41 Å². The van der Waals surface area contributed by atoms with Crippen molar-refractivity contribution in [3.8, 4) is 0 Å². The molecular weight excluding hydrogens is 304 g/mol. The molecule has 1 saturated heterocycles. The predicted molar refractivity (Wildman–Crippen MR) is 73.1 cm³/mol. The number of hydrogen-bond donors (Lipinski definition) is 1. The summed E-state index contributed by atoms with van der Waals surface area (Å²) in [4.78, 5) is 17.3. The smallest absolute Gasteiger partial charge is 0.254 e. The summed E-state index contributed by atoms with van der Waals surface area (Å²) in [6.07, 6.45) is 0. The number of nitrogens with two attached hydrogens (primary N) is 1. The first-order valence-corrected chi connectivity index (χ1v) is 7.80.